The first kappa shape index (κ1) is 20.3. The van der Waals surface area contributed by atoms with E-state index >= 15 is 0 Å². The van der Waals surface area contributed by atoms with Gasteiger partial charge in [0.15, 0.2) is 5.75 Å². The second kappa shape index (κ2) is 8.71. The van der Waals surface area contributed by atoms with Crippen LogP contribution in [0.2, 0.25) is 10.0 Å². The van der Waals surface area contributed by atoms with Crippen molar-refractivity contribution in [2.75, 3.05) is 20.2 Å². The number of benzene rings is 2. The molecule has 0 bridgehead atoms. The molecular formula is C20H20Cl2N2O4. The smallest absolute Gasteiger partial charge is 0.259 e. The molecule has 1 heterocycles. The molecule has 148 valence electrons. The van der Waals surface area contributed by atoms with Gasteiger partial charge in [-0.1, -0.05) is 29.3 Å². The fraction of sp³-hybridized carbons (Fsp3) is 0.300. The van der Waals surface area contributed by atoms with Crippen LogP contribution in [0.4, 0.5) is 0 Å². The van der Waals surface area contributed by atoms with E-state index in [-0.39, 0.29) is 39.9 Å². The van der Waals surface area contributed by atoms with E-state index in [4.69, 9.17) is 27.9 Å². The molecule has 8 heteroatoms. The number of carbonyl (C=O) groups is 2. The molecule has 0 atom stereocenters. The lowest BCUT2D eigenvalue weighted by atomic mass is 10.0. The van der Waals surface area contributed by atoms with E-state index in [2.05, 4.69) is 5.32 Å². The summed E-state index contributed by atoms with van der Waals surface area (Å²) in [6.07, 6.45) is 1.22. The molecule has 0 aliphatic carbocycles. The zero-order valence-corrected chi connectivity index (χ0v) is 16.8. The van der Waals surface area contributed by atoms with Gasteiger partial charge in [0.05, 0.1) is 17.2 Å². The number of phenols is 1. The van der Waals surface area contributed by atoms with Crippen molar-refractivity contribution < 1.29 is 19.4 Å². The molecule has 6 nitrogen and oxygen atoms in total. The zero-order valence-electron chi connectivity index (χ0n) is 15.2. The predicted molar refractivity (Wildman–Crippen MR) is 108 cm³/mol. The first-order chi connectivity index (χ1) is 13.4. The molecule has 0 aromatic heterocycles. The largest absolute Gasteiger partial charge is 0.508 e. The number of methoxy groups -OCH3 is 1. The first-order valence-corrected chi connectivity index (χ1v) is 9.57. The van der Waals surface area contributed by atoms with Gasteiger partial charge >= 0.3 is 0 Å². The van der Waals surface area contributed by atoms with Crippen molar-refractivity contribution in [3.63, 3.8) is 0 Å². The number of hydrogen-bond acceptors (Lipinski definition) is 4. The lowest BCUT2D eigenvalue weighted by molar-refractivity contribution is 0.0695. The highest BCUT2D eigenvalue weighted by Gasteiger charge is 2.28. The molecule has 0 saturated carbocycles. The molecule has 1 aliphatic rings. The van der Waals surface area contributed by atoms with Gasteiger partial charge in [-0.25, -0.2) is 0 Å². The van der Waals surface area contributed by atoms with Crippen LogP contribution in [0, 0.1) is 0 Å². The highest BCUT2D eigenvalue weighted by Crippen LogP contribution is 2.35. The molecule has 2 N–H and O–H groups in total. The summed E-state index contributed by atoms with van der Waals surface area (Å²) >= 11 is 12.3. The molecule has 2 aromatic rings. The normalized spacial score (nSPS) is 14.6. The number of hydrogen-bond donors (Lipinski definition) is 2. The standard InChI is InChI=1S/C20H20Cl2N2O4/c1-28-18-16(22)6-5-15(21)17(18)20(27)24-9-7-13(8-10-24)23-19(26)12-3-2-4-14(25)11-12/h2-6,11,13,25H,7-10H2,1H3,(H,23,26). The fourth-order valence-electron chi connectivity index (χ4n) is 3.23. The van der Waals surface area contributed by atoms with E-state index in [1.807, 2.05) is 0 Å². The quantitative estimate of drug-likeness (QED) is 0.786. The maximum absolute atomic E-state index is 12.9. The van der Waals surface area contributed by atoms with Gasteiger partial charge in [-0.05, 0) is 43.2 Å². The predicted octanol–water partition coefficient (Wildman–Crippen LogP) is 3.74. The van der Waals surface area contributed by atoms with E-state index in [1.54, 1.807) is 29.2 Å². The van der Waals surface area contributed by atoms with E-state index in [1.165, 1.54) is 19.2 Å². The Morgan fingerprint density at radius 3 is 2.46 bits per heavy atom. The van der Waals surface area contributed by atoms with Crippen molar-refractivity contribution in [3.8, 4) is 11.5 Å². The molecular weight excluding hydrogens is 403 g/mol. The molecule has 3 rings (SSSR count). The maximum Gasteiger partial charge on any atom is 0.259 e. The Morgan fingerprint density at radius 1 is 1.14 bits per heavy atom. The van der Waals surface area contributed by atoms with Gasteiger partial charge in [0.1, 0.15) is 11.3 Å². The Balaban J connectivity index is 1.64. The number of nitrogens with one attached hydrogen (secondary N) is 1. The third-order valence-electron chi connectivity index (χ3n) is 4.70. The van der Waals surface area contributed by atoms with Crippen molar-refractivity contribution in [2.45, 2.75) is 18.9 Å². The summed E-state index contributed by atoms with van der Waals surface area (Å²) in [5.41, 5.74) is 0.646. The molecule has 0 unspecified atom stereocenters. The average Bonchev–Trinajstić information content (AvgIpc) is 2.69. The SMILES string of the molecule is COc1c(Cl)ccc(Cl)c1C(=O)N1CCC(NC(=O)c2cccc(O)c2)CC1. The van der Waals surface area contributed by atoms with Crippen LogP contribution in [0.1, 0.15) is 33.6 Å². The van der Waals surface area contributed by atoms with Gasteiger partial charge in [0.2, 0.25) is 0 Å². The van der Waals surface area contributed by atoms with Crippen molar-refractivity contribution in [1.29, 1.82) is 0 Å². The summed E-state index contributed by atoms with van der Waals surface area (Å²) in [5.74, 6) is -0.193. The van der Waals surface area contributed by atoms with Gasteiger partial charge in [0, 0.05) is 24.7 Å². The molecule has 2 amide bonds. The van der Waals surface area contributed by atoms with Crippen molar-refractivity contribution in [3.05, 3.63) is 57.6 Å². The van der Waals surface area contributed by atoms with Gasteiger partial charge in [0.25, 0.3) is 11.8 Å². The van der Waals surface area contributed by atoms with Gasteiger partial charge < -0.3 is 20.1 Å². The lowest BCUT2D eigenvalue weighted by Crippen LogP contribution is -2.46. The topological polar surface area (TPSA) is 78.9 Å². The Labute approximate surface area is 173 Å². The average molecular weight is 423 g/mol. The van der Waals surface area contributed by atoms with Crippen molar-refractivity contribution in [1.82, 2.24) is 10.2 Å². The number of phenolic OH excluding ortho intramolecular Hbond substituents is 1. The van der Waals surface area contributed by atoms with Crippen LogP contribution in [-0.4, -0.2) is 48.1 Å². The number of ether oxygens (including phenoxy) is 1. The highest BCUT2D eigenvalue weighted by molar-refractivity contribution is 6.37. The third kappa shape index (κ3) is 4.34. The van der Waals surface area contributed by atoms with Crippen LogP contribution in [0.3, 0.4) is 0 Å². The van der Waals surface area contributed by atoms with Gasteiger partial charge in [-0.2, -0.15) is 0 Å². The summed E-state index contributed by atoms with van der Waals surface area (Å²) in [5, 5.41) is 13.1. The maximum atomic E-state index is 12.9. The summed E-state index contributed by atoms with van der Waals surface area (Å²) in [6.45, 7) is 0.936. The Bertz CT molecular complexity index is 896. The van der Waals surface area contributed by atoms with Crippen LogP contribution >= 0.6 is 23.2 Å². The molecule has 1 saturated heterocycles. The van der Waals surface area contributed by atoms with Gasteiger partial charge in [-0.15, -0.1) is 0 Å². The second-order valence-electron chi connectivity index (χ2n) is 6.53. The molecule has 1 fully saturated rings. The van der Waals surface area contributed by atoms with Crippen molar-refractivity contribution >= 4 is 35.0 Å². The lowest BCUT2D eigenvalue weighted by Gasteiger charge is -2.33. The molecule has 28 heavy (non-hydrogen) atoms. The number of halogens is 2. The number of amides is 2. The summed E-state index contributed by atoms with van der Waals surface area (Å²) < 4.78 is 5.26. The second-order valence-corrected chi connectivity index (χ2v) is 7.34. The van der Waals surface area contributed by atoms with Crippen LogP contribution in [0.5, 0.6) is 11.5 Å². The minimum atomic E-state index is -0.250. The number of rotatable bonds is 4. The van der Waals surface area contributed by atoms with E-state index < -0.39 is 0 Å². The zero-order chi connectivity index (χ0) is 20.3. The Kier molecular flexibility index (Phi) is 6.31. The van der Waals surface area contributed by atoms with Crippen molar-refractivity contribution in [2.24, 2.45) is 0 Å². The summed E-state index contributed by atoms with van der Waals surface area (Å²) in [6, 6.07) is 9.28. The molecule has 1 aliphatic heterocycles. The minimum Gasteiger partial charge on any atom is -0.508 e. The minimum absolute atomic E-state index is 0.0420. The summed E-state index contributed by atoms with van der Waals surface area (Å²) in [7, 11) is 1.44. The van der Waals surface area contributed by atoms with Gasteiger partial charge in [-0.3, -0.25) is 9.59 Å². The summed E-state index contributed by atoms with van der Waals surface area (Å²) in [4.78, 5) is 26.9. The number of likely N-dealkylation sites (tertiary alicyclic amines) is 1. The number of piperidine rings is 1. The third-order valence-corrected chi connectivity index (χ3v) is 5.32. The van der Waals surface area contributed by atoms with Crippen LogP contribution < -0.4 is 10.1 Å². The number of nitrogens with zero attached hydrogens (tertiary/aromatic N) is 1. The molecule has 0 radical (unpaired) electrons. The Hall–Kier alpha value is -2.44. The number of aromatic hydroxyl groups is 1. The molecule has 0 spiro atoms. The van der Waals surface area contributed by atoms with Crippen LogP contribution in [-0.2, 0) is 0 Å². The fourth-order valence-corrected chi connectivity index (χ4v) is 3.70. The monoisotopic (exact) mass is 422 g/mol. The number of carbonyl (C=O) groups excluding carboxylic acids is 2. The Morgan fingerprint density at radius 2 is 1.82 bits per heavy atom. The highest BCUT2D eigenvalue weighted by atomic mass is 35.5. The van der Waals surface area contributed by atoms with E-state index in [0.717, 1.165) is 0 Å². The van der Waals surface area contributed by atoms with Crippen LogP contribution in [0.15, 0.2) is 36.4 Å². The van der Waals surface area contributed by atoms with E-state index in [0.29, 0.717) is 36.5 Å². The van der Waals surface area contributed by atoms with Crippen LogP contribution in [0.25, 0.3) is 0 Å². The first-order valence-electron chi connectivity index (χ1n) is 8.82. The van der Waals surface area contributed by atoms with E-state index in [9.17, 15) is 14.7 Å². The molecule has 2 aromatic carbocycles.